The minimum absolute atomic E-state index is 0.146. The van der Waals surface area contributed by atoms with Crippen molar-refractivity contribution in [1.82, 2.24) is 0 Å². The molecule has 2 aromatic rings. The quantitative estimate of drug-likeness (QED) is 0.485. The smallest absolute Gasteiger partial charge is 0.341 e. The zero-order valence-corrected chi connectivity index (χ0v) is 17.1. The summed E-state index contributed by atoms with van der Waals surface area (Å²) in [6.45, 7) is 2.26. The van der Waals surface area contributed by atoms with Gasteiger partial charge in [0.15, 0.2) is 0 Å². The van der Waals surface area contributed by atoms with Gasteiger partial charge in [0.2, 0.25) is 5.91 Å². The third kappa shape index (κ3) is 4.62. The Morgan fingerprint density at radius 2 is 2.11 bits per heavy atom. The Kier molecular flexibility index (Phi) is 6.86. The molecule has 0 fully saturated rings. The molecule has 1 N–H and O–H groups in total. The highest BCUT2D eigenvalue weighted by atomic mass is 35.5. The van der Waals surface area contributed by atoms with E-state index in [1.807, 2.05) is 6.92 Å². The molecule has 1 aromatic heterocycles. The number of amides is 1. The summed E-state index contributed by atoms with van der Waals surface area (Å²) >= 11 is 7.39. The van der Waals surface area contributed by atoms with Crippen LogP contribution in [-0.4, -0.2) is 18.5 Å². The van der Waals surface area contributed by atoms with Crippen LogP contribution in [0.25, 0.3) is 6.08 Å². The van der Waals surface area contributed by atoms with Gasteiger partial charge in [0.1, 0.15) is 10.8 Å². The first-order valence-electron chi connectivity index (χ1n) is 9.26. The third-order valence-electron chi connectivity index (χ3n) is 4.45. The van der Waals surface area contributed by atoms with Crippen LogP contribution in [0, 0.1) is 5.82 Å². The van der Waals surface area contributed by atoms with Crippen molar-refractivity contribution in [2.45, 2.75) is 39.0 Å². The molecular weight excluding hydrogens is 401 g/mol. The number of carbonyl (C=O) groups excluding carboxylic acids is 2. The van der Waals surface area contributed by atoms with Crippen molar-refractivity contribution in [3.63, 3.8) is 0 Å². The zero-order valence-electron chi connectivity index (χ0n) is 15.5. The normalized spacial score (nSPS) is 13.4. The van der Waals surface area contributed by atoms with Crippen molar-refractivity contribution in [1.29, 1.82) is 0 Å². The molecule has 28 heavy (non-hydrogen) atoms. The van der Waals surface area contributed by atoms with Crippen LogP contribution < -0.4 is 5.32 Å². The predicted octanol–water partition coefficient (Wildman–Crippen LogP) is 5.64. The average Bonchev–Trinajstić information content (AvgIpc) is 3.03. The van der Waals surface area contributed by atoms with Crippen molar-refractivity contribution in [3.8, 4) is 0 Å². The molecule has 1 aliphatic rings. The Morgan fingerprint density at radius 1 is 1.32 bits per heavy atom. The molecule has 0 spiro atoms. The van der Waals surface area contributed by atoms with Gasteiger partial charge in [0, 0.05) is 16.5 Å². The number of hydrogen-bond acceptors (Lipinski definition) is 4. The lowest BCUT2D eigenvalue weighted by Gasteiger charge is -2.12. The summed E-state index contributed by atoms with van der Waals surface area (Å²) in [6.07, 6.45) is 7.04. The molecule has 0 unspecified atom stereocenters. The lowest BCUT2D eigenvalue weighted by Crippen LogP contribution is -2.14. The van der Waals surface area contributed by atoms with E-state index in [4.69, 9.17) is 16.3 Å². The summed E-state index contributed by atoms with van der Waals surface area (Å²) in [5.74, 6) is -1.37. The Morgan fingerprint density at radius 3 is 2.86 bits per heavy atom. The number of fused-ring (bicyclic) bond motifs is 1. The molecule has 7 heteroatoms. The number of nitrogens with one attached hydrogen (secondary N) is 1. The summed E-state index contributed by atoms with van der Waals surface area (Å²) < 4.78 is 19.2. The molecule has 0 saturated heterocycles. The van der Waals surface area contributed by atoms with E-state index < -0.39 is 17.7 Å². The first-order valence-corrected chi connectivity index (χ1v) is 10.5. The molecule has 0 aliphatic heterocycles. The number of carbonyl (C=O) groups is 2. The average molecular weight is 422 g/mol. The maximum Gasteiger partial charge on any atom is 0.341 e. The van der Waals surface area contributed by atoms with Gasteiger partial charge in [-0.05, 0) is 55.9 Å². The van der Waals surface area contributed by atoms with Gasteiger partial charge in [0.05, 0.1) is 17.2 Å². The van der Waals surface area contributed by atoms with Crippen molar-refractivity contribution in [2.75, 3.05) is 11.9 Å². The molecule has 0 saturated carbocycles. The van der Waals surface area contributed by atoms with Crippen LogP contribution in [0.1, 0.15) is 52.5 Å². The van der Waals surface area contributed by atoms with Gasteiger partial charge in [-0.25, -0.2) is 9.18 Å². The largest absolute Gasteiger partial charge is 0.462 e. The maximum atomic E-state index is 13.8. The summed E-state index contributed by atoms with van der Waals surface area (Å²) in [4.78, 5) is 26.1. The second-order valence-electron chi connectivity index (χ2n) is 6.51. The molecule has 1 heterocycles. The number of halogens is 2. The molecule has 1 aliphatic carbocycles. The van der Waals surface area contributed by atoms with Gasteiger partial charge < -0.3 is 10.1 Å². The molecule has 148 valence electrons. The van der Waals surface area contributed by atoms with Crippen LogP contribution in [-0.2, 0) is 22.4 Å². The second-order valence-corrected chi connectivity index (χ2v) is 8.02. The first kappa shape index (κ1) is 20.6. The van der Waals surface area contributed by atoms with Gasteiger partial charge in [-0.3, -0.25) is 4.79 Å². The van der Waals surface area contributed by atoms with Gasteiger partial charge >= 0.3 is 5.97 Å². The summed E-state index contributed by atoms with van der Waals surface area (Å²) in [6, 6.07) is 4.33. The minimum Gasteiger partial charge on any atom is -0.462 e. The molecule has 0 bridgehead atoms. The van der Waals surface area contributed by atoms with Gasteiger partial charge in [0.25, 0.3) is 0 Å². The Balaban J connectivity index is 1.83. The molecule has 1 amide bonds. The number of esters is 1. The van der Waals surface area contributed by atoms with Crippen LogP contribution in [0.2, 0.25) is 5.02 Å². The standard InChI is InChI=1S/C21H21ClFNO3S/c1-2-12-27-21(26)19-14-6-3-4-9-17(14)28-20(19)24-18(25)11-10-13-15(22)7-5-8-16(13)23/h5,7-8,10-11H,2-4,6,9,12H2,1H3,(H,24,25)/b11-10+. The van der Waals surface area contributed by atoms with E-state index in [1.54, 1.807) is 6.07 Å². The Hall–Kier alpha value is -2.18. The fraction of sp³-hybridized carbons (Fsp3) is 0.333. The van der Waals surface area contributed by atoms with Gasteiger partial charge in [-0.1, -0.05) is 24.6 Å². The van der Waals surface area contributed by atoms with Crippen LogP contribution in [0.3, 0.4) is 0 Å². The number of hydrogen-bond donors (Lipinski definition) is 1. The number of thiophene rings is 1. The van der Waals surface area contributed by atoms with Crippen LogP contribution >= 0.6 is 22.9 Å². The number of anilines is 1. The molecule has 3 rings (SSSR count). The summed E-state index contributed by atoms with van der Waals surface area (Å²) in [7, 11) is 0. The lowest BCUT2D eigenvalue weighted by molar-refractivity contribution is -0.111. The number of benzene rings is 1. The fourth-order valence-corrected chi connectivity index (χ4v) is 4.63. The third-order valence-corrected chi connectivity index (χ3v) is 5.99. The fourth-order valence-electron chi connectivity index (χ4n) is 3.12. The van der Waals surface area contributed by atoms with E-state index >= 15 is 0 Å². The minimum atomic E-state index is -0.507. The van der Waals surface area contributed by atoms with E-state index in [9.17, 15) is 14.0 Å². The van der Waals surface area contributed by atoms with E-state index in [1.165, 1.54) is 35.6 Å². The molecule has 4 nitrogen and oxygen atoms in total. The highest BCUT2D eigenvalue weighted by molar-refractivity contribution is 7.17. The van der Waals surface area contributed by atoms with E-state index in [-0.39, 0.29) is 10.6 Å². The molecule has 0 radical (unpaired) electrons. The molecular formula is C21H21ClFNO3S. The Bertz CT molecular complexity index is 902. The van der Waals surface area contributed by atoms with Gasteiger partial charge in [-0.2, -0.15) is 0 Å². The zero-order chi connectivity index (χ0) is 20.1. The van der Waals surface area contributed by atoms with Crippen LogP contribution in [0.5, 0.6) is 0 Å². The van der Waals surface area contributed by atoms with E-state index in [0.29, 0.717) is 17.2 Å². The Labute approximate surface area is 172 Å². The van der Waals surface area contributed by atoms with Gasteiger partial charge in [-0.15, -0.1) is 11.3 Å². The first-order chi connectivity index (χ1) is 13.5. The highest BCUT2D eigenvalue weighted by Gasteiger charge is 2.27. The molecule has 0 atom stereocenters. The molecule has 1 aromatic carbocycles. The highest BCUT2D eigenvalue weighted by Crippen LogP contribution is 2.38. The van der Waals surface area contributed by atoms with Crippen molar-refractivity contribution < 1.29 is 18.7 Å². The van der Waals surface area contributed by atoms with E-state index in [0.717, 1.165) is 42.5 Å². The van der Waals surface area contributed by atoms with Crippen molar-refractivity contribution in [3.05, 3.63) is 56.7 Å². The van der Waals surface area contributed by atoms with Crippen molar-refractivity contribution in [2.24, 2.45) is 0 Å². The second kappa shape index (κ2) is 9.34. The summed E-state index contributed by atoms with van der Waals surface area (Å²) in [5, 5.41) is 3.47. The monoisotopic (exact) mass is 421 g/mol. The van der Waals surface area contributed by atoms with Crippen LogP contribution in [0.4, 0.5) is 9.39 Å². The lowest BCUT2D eigenvalue weighted by atomic mass is 9.95. The van der Waals surface area contributed by atoms with E-state index in [2.05, 4.69) is 5.32 Å². The maximum absolute atomic E-state index is 13.8. The van der Waals surface area contributed by atoms with Crippen molar-refractivity contribution >= 4 is 45.9 Å². The van der Waals surface area contributed by atoms with Crippen LogP contribution in [0.15, 0.2) is 24.3 Å². The predicted molar refractivity (Wildman–Crippen MR) is 111 cm³/mol. The topological polar surface area (TPSA) is 55.4 Å². The number of ether oxygens (including phenoxy) is 1. The SMILES string of the molecule is CCCOC(=O)c1c(NC(=O)/C=C/c2c(F)cccc2Cl)sc2c1CCCC2. The summed E-state index contributed by atoms with van der Waals surface area (Å²) in [5.41, 5.74) is 1.58. The number of rotatable bonds is 6. The number of aryl methyl sites for hydroxylation is 1.